The Morgan fingerprint density at radius 2 is 1.00 bits per heavy atom. The zero-order valence-corrected chi connectivity index (χ0v) is 24.6. The van der Waals surface area contributed by atoms with Gasteiger partial charge in [0, 0.05) is 39.6 Å². The van der Waals surface area contributed by atoms with E-state index in [2.05, 4.69) is 13.8 Å². The molecule has 6 aromatic carbocycles. The maximum absolute atomic E-state index is 13.9. The molecule has 0 radical (unpaired) electrons. The molecule has 44 heavy (non-hydrogen) atoms. The fourth-order valence-electron chi connectivity index (χ4n) is 7.47. The molecule has 0 bridgehead atoms. The quantitative estimate of drug-likeness (QED) is 0.108. The number of imide groups is 2. The van der Waals surface area contributed by atoms with Crippen LogP contribution in [-0.2, 0) is 0 Å². The number of nitrogens with zero attached hydrogens (tertiary/aromatic N) is 2. The summed E-state index contributed by atoms with van der Waals surface area (Å²) in [6, 6.07) is 24.1. The van der Waals surface area contributed by atoms with Gasteiger partial charge >= 0.3 is 0 Å². The Kier molecular flexibility index (Phi) is 5.85. The van der Waals surface area contributed by atoms with E-state index in [0.717, 1.165) is 58.0 Å². The summed E-state index contributed by atoms with van der Waals surface area (Å²) in [7, 11) is 0. The first-order valence-corrected chi connectivity index (χ1v) is 15.4. The normalized spacial score (nSPS) is 15.5. The zero-order chi connectivity index (χ0) is 30.3. The molecule has 8 rings (SSSR count). The second kappa shape index (κ2) is 9.71. The van der Waals surface area contributed by atoms with Crippen LogP contribution in [0.1, 0.15) is 81.0 Å². The van der Waals surface area contributed by atoms with Gasteiger partial charge in [0.15, 0.2) is 0 Å². The van der Waals surface area contributed by atoms with Crippen LogP contribution in [0.5, 0.6) is 0 Å². The Labute approximate surface area is 254 Å². The van der Waals surface area contributed by atoms with E-state index in [1.54, 1.807) is 24.3 Å². The second-order valence-corrected chi connectivity index (χ2v) is 12.1. The minimum atomic E-state index is -0.353. The van der Waals surface area contributed by atoms with Gasteiger partial charge in [-0.1, -0.05) is 75.6 Å². The third-order valence-electron chi connectivity index (χ3n) is 9.72. The highest BCUT2D eigenvalue weighted by atomic mass is 16.2. The molecule has 0 fully saturated rings. The number of carbonyl (C=O) groups excluding carboxylic acids is 4. The third kappa shape index (κ3) is 3.48. The molecule has 6 heteroatoms. The molecule has 1 atom stereocenters. The monoisotopic (exact) mass is 578 g/mol. The van der Waals surface area contributed by atoms with Gasteiger partial charge < -0.3 is 0 Å². The standard InChI is InChI=1S/C38H30N2O4/c1-3-5-9-21(4-2)20-39-35(41)27-16-12-23-25-14-18-29-34-30(38(44)40(37(29)43)22-10-7-6-8-11-22)19-15-26(32(25)34)24-13-17-28(36(39)42)33(27)31(23)24/h6-8,10-19,21H,3-5,9,20H2,1-2H3. The number of anilines is 1. The molecule has 4 amide bonds. The first kappa shape index (κ1) is 26.5. The van der Waals surface area contributed by atoms with Crippen molar-refractivity contribution in [2.45, 2.75) is 39.5 Å². The van der Waals surface area contributed by atoms with E-state index in [1.807, 2.05) is 54.6 Å². The molecule has 1 unspecified atom stereocenters. The fourth-order valence-corrected chi connectivity index (χ4v) is 7.47. The number of hydrogen-bond acceptors (Lipinski definition) is 4. The number of para-hydroxylation sites is 1. The summed E-state index contributed by atoms with van der Waals surface area (Å²) >= 11 is 0. The lowest BCUT2D eigenvalue weighted by molar-refractivity contribution is 0.0579. The first-order valence-electron chi connectivity index (χ1n) is 15.4. The van der Waals surface area contributed by atoms with Crippen molar-refractivity contribution < 1.29 is 19.2 Å². The first-order chi connectivity index (χ1) is 21.4. The van der Waals surface area contributed by atoms with Crippen molar-refractivity contribution >= 4 is 72.4 Å². The van der Waals surface area contributed by atoms with Crippen LogP contribution in [0, 0.1) is 5.92 Å². The van der Waals surface area contributed by atoms with Crippen molar-refractivity contribution in [2.24, 2.45) is 5.92 Å². The predicted octanol–water partition coefficient (Wildman–Crippen LogP) is 8.35. The molecular formula is C38H30N2O4. The van der Waals surface area contributed by atoms with Crippen molar-refractivity contribution in [1.82, 2.24) is 4.90 Å². The highest BCUT2D eigenvalue weighted by molar-refractivity contribution is 6.43. The molecular weight excluding hydrogens is 548 g/mol. The Morgan fingerprint density at radius 3 is 1.43 bits per heavy atom. The van der Waals surface area contributed by atoms with Crippen LogP contribution < -0.4 is 4.90 Å². The summed E-state index contributed by atoms with van der Waals surface area (Å²) in [6.07, 6.45) is 4.06. The summed E-state index contributed by atoms with van der Waals surface area (Å²) in [5, 5.41) is 6.62. The number of carbonyl (C=O) groups is 4. The van der Waals surface area contributed by atoms with E-state index in [4.69, 9.17) is 0 Å². The van der Waals surface area contributed by atoms with Crippen molar-refractivity contribution in [3.8, 4) is 0 Å². The van der Waals surface area contributed by atoms with E-state index < -0.39 is 0 Å². The topological polar surface area (TPSA) is 74.8 Å². The number of fused-ring (bicyclic) bond motifs is 2. The van der Waals surface area contributed by atoms with Crippen LogP contribution >= 0.6 is 0 Å². The van der Waals surface area contributed by atoms with Crippen LogP contribution in [0.3, 0.4) is 0 Å². The highest BCUT2D eigenvalue weighted by Crippen LogP contribution is 2.46. The summed E-state index contributed by atoms with van der Waals surface area (Å²) < 4.78 is 0. The smallest absolute Gasteiger partial charge is 0.265 e. The Balaban J connectivity index is 1.34. The summed E-state index contributed by atoms with van der Waals surface area (Å²) in [5.74, 6) is -0.918. The predicted molar refractivity (Wildman–Crippen MR) is 174 cm³/mol. The van der Waals surface area contributed by atoms with Crippen LogP contribution in [-0.4, -0.2) is 35.1 Å². The van der Waals surface area contributed by atoms with Crippen LogP contribution in [0.25, 0.3) is 43.1 Å². The maximum Gasteiger partial charge on any atom is 0.265 e. The van der Waals surface area contributed by atoms with Crippen molar-refractivity contribution in [2.75, 3.05) is 11.4 Å². The molecule has 216 valence electrons. The molecule has 0 aliphatic carbocycles. The minimum absolute atomic E-state index is 0.241. The highest BCUT2D eigenvalue weighted by Gasteiger charge is 2.37. The van der Waals surface area contributed by atoms with Crippen molar-refractivity contribution in [3.05, 3.63) is 101 Å². The van der Waals surface area contributed by atoms with E-state index in [1.165, 1.54) is 9.80 Å². The molecule has 6 nitrogen and oxygen atoms in total. The number of benzene rings is 6. The van der Waals surface area contributed by atoms with E-state index in [0.29, 0.717) is 45.3 Å². The van der Waals surface area contributed by atoms with Crippen molar-refractivity contribution in [3.63, 3.8) is 0 Å². The fraction of sp³-hybridized carbons (Fsp3) is 0.211. The number of unbranched alkanes of at least 4 members (excludes halogenated alkanes) is 1. The summed E-state index contributed by atoms with van der Waals surface area (Å²) in [6.45, 7) is 4.70. The van der Waals surface area contributed by atoms with Gasteiger partial charge in [0.25, 0.3) is 23.6 Å². The lowest BCUT2D eigenvalue weighted by atomic mass is 9.82. The van der Waals surface area contributed by atoms with Gasteiger partial charge in [0.05, 0.1) is 5.69 Å². The lowest BCUT2D eigenvalue weighted by Gasteiger charge is -2.31. The zero-order valence-electron chi connectivity index (χ0n) is 24.6. The van der Waals surface area contributed by atoms with E-state index in [9.17, 15) is 19.2 Å². The minimum Gasteiger partial charge on any atom is -0.274 e. The van der Waals surface area contributed by atoms with Crippen LogP contribution in [0.2, 0.25) is 0 Å². The van der Waals surface area contributed by atoms with E-state index in [-0.39, 0.29) is 29.5 Å². The van der Waals surface area contributed by atoms with Gasteiger partial charge in [0.2, 0.25) is 0 Å². The molecule has 2 heterocycles. The number of rotatable bonds is 7. The maximum atomic E-state index is 13.9. The second-order valence-electron chi connectivity index (χ2n) is 12.1. The number of hydrogen-bond donors (Lipinski definition) is 0. The molecule has 2 aliphatic rings. The molecule has 0 saturated heterocycles. The average molecular weight is 579 g/mol. The summed E-state index contributed by atoms with van der Waals surface area (Å²) in [4.78, 5) is 58.1. The van der Waals surface area contributed by atoms with Gasteiger partial charge in [-0.15, -0.1) is 0 Å². The van der Waals surface area contributed by atoms with Gasteiger partial charge in [0.1, 0.15) is 0 Å². The third-order valence-corrected chi connectivity index (χ3v) is 9.72. The van der Waals surface area contributed by atoms with Crippen LogP contribution in [0.15, 0.2) is 78.9 Å². The average Bonchev–Trinajstić information content (AvgIpc) is 3.05. The van der Waals surface area contributed by atoms with Gasteiger partial charge in [-0.3, -0.25) is 24.1 Å². The SMILES string of the molecule is CCCCC(CC)CN1C(=O)c2ccc3c4ccc5c6c(ccc(c7ccc(c2c37)C1=O)c64)C(=O)N(c1ccccc1)C5=O. The number of amides is 4. The molecule has 0 spiro atoms. The van der Waals surface area contributed by atoms with Gasteiger partial charge in [-0.2, -0.15) is 0 Å². The van der Waals surface area contributed by atoms with Crippen molar-refractivity contribution in [1.29, 1.82) is 0 Å². The van der Waals surface area contributed by atoms with E-state index >= 15 is 0 Å². The molecule has 0 aromatic heterocycles. The molecule has 0 saturated carbocycles. The van der Waals surface area contributed by atoms with Gasteiger partial charge in [-0.05, 0) is 81.1 Å². The molecule has 6 aromatic rings. The summed E-state index contributed by atoms with van der Waals surface area (Å²) in [5.41, 5.74) is 2.58. The lowest BCUT2D eigenvalue weighted by Crippen LogP contribution is -2.43. The van der Waals surface area contributed by atoms with Gasteiger partial charge in [-0.25, -0.2) is 4.90 Å². The molecule has 2 aliphatic heterocycles. The van der Waals surface area contributed by atoms with Crippen LogP contribution in [0.4, 0.5) is 5.69 Å². The Bertz CT molecular complexity index is 2100. The Hall–Kier alpha value is -5.10. The Morgan fingerprint density at radius 1 is 0.545 bits per heavy atom. The molecule has 0 N–H and O–H groups in total. The largest absolute Gasteiger partial charge is 0.274 e.